The van der Waals surface area contributed by atoms with Crippen LogP contribution in [0, 0.1) is 34.0 Å². The maximum absolute atomic E-state index is 7.32. The van der Waals surface area contributed by atoms with Crippen LogP contribution in [-0.2, 0) is 36.0 Å². The molecular weight excluding hydrogens is 1470 g/mol. The summed E-state index contributed by atoms with van der Waals surface area (Å²) in [5.74, 6) is 2.26. The fraction of sp³-hybridized carbons (Fsp3) is 0.110. The van der Waals surface area contributed by atoms with E-state index >= 15 is 0 Å². The third-order valence-corrected chi connectivity index (χ3v) is 20.1. The standard InChI is InChI=1S/2C24H20B.2C23H19N3O2.3C2H3N.Fe/c2*1-5-13-21(14-6-1)25(22-15-7-2-8-16-22,23-17-9-3-10-18-23)24-19-11-4-12-20-24;2*1-3-8-16(9-4-1)20-14-27-22(25-20)18-12-7-13-19(24-18)23-26-21(15-28-23)17-10-5-2-6-11-17;3*1-2-3;/h2*1-20H;2*1-13,20-21H,14-15H2;3*1H3;/q2*-1;;;;;;+2/t;;2*20-,21-;;;;/m..10..../s1. The zero-order valence-electron chi connectivity index (χ0n) is 64.9. The maximum atomic E-state index is 7.32. The minimum atomic E-state index is -1.22. The Kier molecular flexibility index (Phi) is 30.8. The van der Waals surface area contributed by atoms with Crippen molar-refractivity contribution in [3.63, 3.8) is 0 Å². The van der Waals surface area contributed by atoms with Gasteiger partial charge in [-0.3, -0.25) is 0 Å². The van der Waals surface area contributed by atoms with E-state index in [1.165, 1.54) is 64.5 Å². The average molecular weight is 1560 g/mol. The van der Waals surface area contributed by atoms with Crippen molar-refractivity contribution in [3.05, 3.63) is 445 Å². The molecule has 2 aromatic heterocycles. The van der Waals surface area contributed by atoms with Gasteiger partial charge in [-0.25, -0.2) is 29.9 Å². The fourth-order valence-electron chi connectivity index (χ4n) is 15.0. The van der Waals surface area contributed by atoms with Crippen molar-refractivity contribution in [2.45, 2.75) is 44.9 Å². The Labute approximate surface area is 691 Å². The summed E-state index contributed by atoms with van der Waals surface area (Å²) >= 11 is 0. The van der Waals surface area contributed by atoms with E-state index in [0.717, 1.165) is 22.3 Å². The van der Waals surface area contributed by atoms with Crippen LogP contribution in [0.25, 0.3) is 0 Å². The summed E-state index contributed by atoms with van der Waals surface area (Å²) < 4.78 is 23.3. The predicted molar refractivity (Wildman–Crippen MR) is 469 cm³/mol. The van der Waals surface area contributed by atoms with Gasteiger partial charge in [-0.05, 0) is 46.5 Å². The van der Waals surface area contributed by atoms with Gasteiger partial charge in [-0.2, -0.15) is 59.5 Å². The second-order valence-electron chi connectivity index (χ2n) is 27.2. The van der Waals surface area contributed by atoms with E-state index in [4.69, 9.17) is 54.7 Å². The molecule has 4 aliphatic rings. The van der Waals surface area contributed by atoms with E-state index in [1.807, 2.05) is 109 Å². The van der Waals surface area contributed by atoms with Crippen LogP contribution in [0.3, 0.4) is 0 Å². The van der Waals surface area contributed by atoms with E-state index in [0.29, 0.717) is 72.8 Å². The van der Waals surface area contributed by atoms with Crippen LogP contribution in [0.15, 0.2) is 420 Å². The predicted octanol–water partition coefficient (Wildman–Crippen LogP) is 16.0. The number of nitrogens with zero attached hydrogens (tertiary/aromatic N) is 9. The zero-order chi connectivity index (χ0) is 79.5. The first kappa shape index (κ1) is 82.9. The first-order chi connectivity index (χ1) is 56.8. The van der Waals surface area contributed by atoms with Crippen molar-refractivity contribution >= 4 is 79.6 Å². The molecule has 16 heteroatoms. The molecule has 0 bridgehead atoms. The minimum Gasteiger partial charge on any atom is -0.474 e. The molecule has 0 N–H and O–H groups in total. The molecule has 12 aromatic carbocycles. The molecule has 0 saturated heterocycles. The number of aromatic nitrogens is 2. The molecule has 13 nitrogen and oxygen atoms in total. The molecule has 18 rings (SSSR count). The van der Waals surface area contributed by atoms with Gasteiger partial charge < -0.3 is 18.9 Å². The van der Waals surface area contributed by atoms with Gasteiger partial charge in [0.1, 0.15) is 85.7 Å². The van der Waals surface area contributed by atoms with Gasteiger partial charge >= 0.3 is 17.1 Å². The molecule has 0 saturated carbocycles. The van der Waals surface area contributed by atoms with E-state index < -0.39 is 12.3 Å². The van der Waals surface area contributed by atoms with Crippen molar-refractivity contribution in [1.29, 1.82) is 15.8 Å². The Bertz CT molecular complexity index is 4740. The van der Waals surface area contributed by atoms with Crippen molar-refractivity contribution in [3.8, 4) is 18.2 Å². The monoisotopic (exact) mass is 1560 g/mol. The summed E-state index contributed by atoms with van der Waals surface area (Å²) in [6.45, 7) is 6.40. The molecule has 0 spiro atoms. The molecule has 4 aliphatic heterocycles. The van der Waals surface area contributed by atoms with Crippen LogP contribution in [-0.4, -0.2) is 72.3 Å². The van der Waals surface area contributed by atoms with Gasteiger partial charge in [-0.1, -0.05) is 376 Å². The molecule has 0 amide bonds. The number of hydrogen-bond donors (Lipinski definition) is 0. The van der Waals surface area contributed by atoms with Gasteiger partial charge in [0.2, 0.25) is 23.6 Å². The molecule has 0 fully saturated rings. The second kappa shape index (κ2) is 43.1. The molecule has 0 radical (unpaired) electrons. The molecule has 0 unspecified atom stereocenters. The minimum absolute atomic E-state index is 0. The molecule has 0 aliphatic carbocycles. The van der Waals surface area contributed by atoms with Crippen LogP contribution in [0.4, 0.5) is 0 Å². The first-order valence-electron chi connectivity index (χ1n) is 38.5. The van der Waals surface area contributed by atoms with E-state index in [1.54, 1.807) is 18.2 Å². The SMILES string of the molecule is CC#N.CC#N.CC#N.[Fe+2].c1ccc([B-](c2ccccc2)(c2ccccc2)c2ccccc2)cc1.c1ccc([B-](c2ccccc2)(c2ccccc2)c2ccccc2)cc1.c1ccc([C@@H]2COC(c3cccc(C4=N[C@H](c5ccccc5)CO4)n3)=N2)cc1.c1ccc([C@H]2COC(c3cccc(C4=N[C@@H](c5ccccc5)CO4)n3)=N2)cc1. The topological polar surface area (TPSA) is 184 Å². The number of ether oxygens (including phenoxy) is 4. The molecule has 116 heavy (non-hydrogen) atoms. The van der Waals surface area contributed by atoms with Gasteiger partial charge in [0, 0.05) is 20.8 Å². The second-order valence-corrected chi connectivity index (χ2v) is 27.2. The number of rotatable bonds is 16. The van der Waals surface area contributed by atoms with E-state index in [-0.39, 0.29) is 41.2 Å². The van der Waals surface area contributed by atoms with Crippen LogP contribution < -0.4 is 43.7 Å². The van der Waals surface area contributed by atoms with E-state index in [2.05, 4.69) is 301 Å². The summed E-state index contributed by atoms with van der Waals surface area (Å²) in [6.07, 6.45) is -2.43. The summed E-state index contributed by atoms with van der Waals surface area (Å²) in [4.78, 5) is 28.2. The summed E-state index contributed by atoms with van der Waals surface area (Å²) in [7, 11) is 0. The molecule has 570 valence electrons. The summed E-state index contributed by atoms with van der Waals surface area (Å²) in [5, 5.41) is 22.0. The van der Waals surface area contributed by atoms with Gasteiger partial charge in [-0.15, -0.1) is 0 Å². The quantitative estimate of drug-likeness (QED) is 0.0850. The number of aliphatic imine (C=N–C) groups is 4. The van der Waals surface area contributed by atoms with Gasteiger partial charge in [0.25, 0.3) is 0 Å². The van der Waals surface area contributed by atoms with Crippen LogP contribution in [0.1, 0.15) is 90.0 Å². The third-order valence-electron chi connectivity index (χ3n) is 20.1. The van der Waals surface area contributed by atoms with Gasteiger partial charge in [0.05, 0.1) is 18.2 Å². The smallest absolute Gasteiger partial charge is 0.474 e. The Morgan fingerprint density at radius 2 is 0.362 bits per heavy atom. The number of benzene rings is 12. The molecule has 4 atom stereocenters. The first-order valence-corrected chi connectivity index (χ1v) is 38.5. The zero-order valence-corrected chi connectivity index (χ0v) is 66.0. The summed E-state index contributed by atoms with van der Waals surface area (Å²) in [6, 6.07) is 144. The number of pyridine rings is 2. The van der Waals surface area contributed by atoms with E-state index in [9.17, 15) is 0 Å². The average Bonchev–Trinajstić information content (AvgIpc) is 0.925. The fourth-order valence-corrected chi connectivity index (χ4v) is 15.0. The van der Waals surface area contributed by atoms with Crippen molar-refractivity contribution < 1.29 is 36.0 Å². The normalized spacial score (nSPS) is 15.1. The summed E-state index contributed by atoms with van der Waals surface area (Å²) in [5.41, 5.74) is 18.1. The Morgan fingerprint density at radius 1 is 0.224 bits per heavy atom. The van der Waals surface area contributed by atoms with Gasteiger partial charge in [0.15, 0.2) is 0 Å². The number of nitriles is 3. The molecular formula is C100H87B2FeN9O4. The molecule has 6 heterocycles. The molecule has 14 aromatic rings. The Hall–Kier alpha value is -14.1. The van der Waals surface area contributed by atoms with Crippen LogP contribution in [0.2, 0.25) is 0 Å². The van der Waals surface area contributed by atoms with Crippen molar-refractivity contribution in [2.75, 3.05) is 26.4 Å². The van der Waals surface area contributed by atoms with Crippen LogP contribution in [0.5, 0.6) is 0 Å². The third kappa shape index (κ3) is 20.6. The van der Waals surface area contributed by atoms with Crippen LogP contribution >= 0.6 is 0 Å². The number of hydrogen-bond acceptors (Lipinski definition) is 13. The largest absolute Gasteiger partial charge is 2.00 e. The van der Waals surface area contributed by atoms with Crippen molar-refractivity contribution in [1.82, 2.24) is 9.97 Å². The Balaban J connectivity index is 0.000000147. The van der Waals surface area contributed by atoms with Crippen molar-refractivity contribution in [2.24, 2.45) is 20.0 Å². The Morgan fingerprint density at radius 3 is 0.509 bits per heavy atom. The maximum Gasteiger partial charge on any atom is 2.00 e.